The summed E-state index contributed by atoms with van der Waals surface area (Å²) in [4.78, 5) is 19.2. The van der Waals surface area contributed by atoms with Gasteiger partial charge in [0.2, 0.25) is 0 Å². The molecule has 1 aromatic carbocycles. The molecule has 3 aromatic rings. The van der Waals surface area contributed by atoms with Gasteiger partial charge >= 0.3 is 5.69 Å². The van der Waals surface area contributed by atoms with Gasteiger partial charge in [-0.25, -0.2) is 9.78 Å². The molecular formula is C13H14N4OS. The van der Waals surface area contributed by atoms with Crippen molar-refractivity contribution in [1.82, 2.24) is 14.5 Å². The molecule has 0 saturated carbocycles. The first-order chi connectivity index (χ1) is 9.13. The summed E-state index contributed by atoms with van der Waals surface area (Å²) in [6.07, 6.45) is 0.750. The number of aryl methyl sites for hydroxylation is 3. The molecule has 0 bridgehead atoms. The number of nitrogens with zero attached hydrogens (tertiary/aromatic N) is 2. The topological polar surface area (TPSA) is 76.7 Å². The molecule has 3 rings (SSSR count). The number of hydrogen-bond donors (Lipinski definition) is 2. The maximum atomic E-state index is 11.9. The fourth-order valence-electron chi connectivity index (χ4n) is 2.12. The van der Waals surface area contributed by atoms with Crippen molar-refractivity contribution >= 4 is 28.1 Å². The molecule has 0 atom stereocenters. The maximum absolute atomic E-state index is 11.9. The normalized spacial score (nSPS) is 11.2. The zero-order chi connectivity index (χ0) is 13.4. The first kappa shape index (κ1) is 12.0. The van der Waals surface area contributed by atoms with Crippen molar-refractivity contribution in [3.63, 3.8) is 0 Å². The smallest absolute Gasteiger partial charge is 0.326 e. The van der Waals surface area contributed by atoms with Gasteiger partial charge in [0.25, 0.3) is 0 Å². The lowest BCUT2D eigenvalue weighted by atomic mass is 10.3. The monoisotopic (exact) mass is 274 g/mol. The Morgan fingerprint density at radius 2 is 2.32 bits per heavy atom. The predicted molar refractivity (Wildman–Crippen MR) is 77.5 cm³/mol. The molecule has 0 amide bonds. The number of nitrogens with two attached hydrogens (primary N) is 1. The van der Waals surface area contributed by atoms with Gasteiger partial charge in [0.15, 0.2) is 0 Å². The average molecular weight is 274 g/mol. The Hall–Kier alpha value is -2.08. The van der Waals surface area contributed by atoms with Gasteiger partial charge in [-0.3, -0.25) is 4.57 Å². The summed E-state index contributed by atoms with van der Waals surface area (Å²) in [7, 11) is 0. The van der Waals surface area contributed by atoms with E-state index in [1.54, 1.807) is 22.0 Å². The Morgan fingerprint density at radius 1 is 1.47 bits per heavy atom. The van der Waals surface area contributed by atoms with Crippen LogP contribution >= 0.6 is 11.3 Å². The maximum Gasteiger partial charge on any atom is 0.326 e. The van der Waals surface area contributed by atoms with Gasteiger partial charge in [0, 0.05) is 29.7 Å². The van der Waals surface area contributed by atoms with Crippen LogP contribution in [0.5, 0.6) is 0 Å². The molecule has 2 heterocycles. The van der Waals surface area contributed by atoms with Crippen molar-refractivity contribution in [2.24, 2.45) is 0 Å². The number of rotatable bonds is 3. The molecule has 5 nitrogen and oxygen atoms in total. The second-order valence-electron chi connectivity index (χ2n) is 4.49. The number of nitrogens with one attached hydrogen (secondary N) is 1. The predicted octanol–water partition coefficient (Wildman–Crippen LogP) is 1.92. The van der Waals surface area contributed by atoms with E-state index in [2.05, 4.69) is 9.97 Å². The van der Waals surface area contributed by atoms with E-state index >= 15 is 0 Å². The lowest BCUT2D eigenvalue weighted by Crippen LogP contribution is -2.17. The highest BCUT2D eigenvalue weighted by Gasteiger charge is 2.08. The highest BCUT2D eigenvalue weighted by molar-refractivity contribution is 7.09. The lowest BCUT2D eigenvalue weighted by Gasteiger charge is -2.02. The third-order valence-electron chi connectivity index (χ3n) is 3.02. The second-order valence-corrected chi connectivity index (χ2v) is 5.43. The number of thiazole rings is 1. The van der Waals surface area contributed by atoms with Crippen LogP contribution < -0.4 is 11.4 Å². The number of benzene rings is 1. The molecule has 19 heavy (non-hydrogen) atoms. The van der Waals surface area contributed by atoms with Crippen molar-refractivity contribution in [3.8, 4) is 0 Å². The Bertz CT molecular complexity index is 783. The Labute approximate surface area is 113 Å². The molecule has 0 radical (unpaired) electrons. The van der Waals surface area contributed by atoms with Gasteiger partial charge in [-0.15, -0.1) is 11.3 Å². The van der Waals surface area contributed by atoms with E-state index in [0.29, 0.717) is 12.2 Å². The van der Waals surface area contributed by atoms with E-state index in [4.69, 9.17) is 5.73 Å². The summed E-state index contributed by atoms with van der Waals surface area (Å²) >= 11 is 1.62. The Morgan fingerprint density at radius 3 is 3.05 bits per heavy atom. The molecule has 6 heteroatoms. The molecule has 2 aromatic heterocycles. The SMILES string of the molecule is Cc1csc(CCn2c(=O)[nH]c3ccc(N)cc32)n1. The van der Waals surface area contributed by atoms with Gasteiger partial charge in [-0.05, 0) is 25.1 Å². The zero-order valence-electron chi connectivity index (χ0n) is 10.5. The summed E-state index contributed by atoms with van der Waals surface area (Å²) in [5.74, 6) is 0. The van der Waals surface area contributed by atoms with Crippen molar-refractivity contribution < 1.29 is 0 Å². The number of hydrogen-bond acceptors (Lipinski definition) is 4. The van der Waals surface area contributed by atoms with Crippen LogP contribution in [0.3, 0.4) is 0 Å². The minimum absolute atomic E-state index is 0.103. The van der Waals surface area contributed by atoms with Gasteiger partial charge in [-0.2, -0.15) is 0 Å². The van der Waals surface area contributed by atoms with E-state index in [9.17, 15) is 4.79 Å². The van der Waals surface area contributed by atoms with Gasteiger partial charge in [0.05, 0.1) is 16.0 Å². The summed E-state index contributed by atoms with van der Waals surface area (Å²) in [5.41, 5.74) is 9.01. The van der Waals surface area contributed by atoms with E-state index in [-0.39, 0.29) is 5.69 Å². The number of fused-ring (bicyclic) bond motifs is 1. The van der Waals surface area contributed by atoms with Crippen LogP contribution in [-0.2, 0) is 13.0 Å². The van der Waals surface area contributed by atoms with Crippen LogP contribution in [0.1, 0.15) is 10.7 Å². The van der Waals surface area contributed by atoms with Crippen LogP contribution in [0.15, 0.2) is 28.4 Å². The number of aromatic amines is 1. The third kappa shape index (κ3) is 2.26. The molecule has 0 unspecified atom stereocenters. The van der Waals surface area contributed by atoms with Crippen molar-refractivity contribution in [2.45, 2.75) is 19.9 Å². The Balaban J connectivity index is 1.94. The van der Waals surface area contributed by atoms with E-state index in [1.165, 1.54) is 0 Å². The first-order valence-corrected chi connectivity index (χ1v) is 6.90. The second kappa shape index (κ2) is 4.55. The third-order valence-corrected chi connectivity index (χ3v) is 4.04. The quantitative estimate of drug-likeness (QED) is 0.716. The molecular weight excluding hydrogens is 260 g/mol. The van der Waals surface area contributed by atoms with Crippen LogP contribution in [0.4, 0.5) is 5.69 Å². The van der Waals surface area contributed by atoms with Crippen molar-refractivity contribution in [1.29, 1.82) is 0 Å². The zero-order valence-corrected chi connectivity index (χ0v) is 11.3. The molecule has 0 spiro atoms. The molecule has 98 valence electrons. The van der Waals surface area contributed by atoms with Gasteiger partial charge < -0.3 is 10.7 Å². The summed E-state index contributed by atoms with van der Waals surface area (Å²) in [6, 6.07) is 5.43. The lowest BCUT2D eigenvalue weighted by molar-refractivity contribution is 0.688. The summed E-state index contributed by atoms with van der Waals surface area (Å²) in [5, 5.41) is 3.06. The van der Waals surface area contributed by atoms with E-state index in [0.717, 1.165) is 28.2 Å². The fraction of sp³-hybridized carbons (Fsp3) is 0.231. The number of anilines is 1. The molecule has 0 aliphatic heterocycles. The van der Waals surface area contributed by atoms with Crippen LogP contribution in [-0.4, -0.2) is 14.5 Å². The number of imidazole rings is 1. The highest BCUT2D eigenvalue weighted by Crippen LogP contribution is 2.15. The van der Waals surface area contributed by atoms with Crippen LogP contribution in [0, 0.1) is 6.92 Å². The standard InChI is InChI=1S/C13H14N4OS/c1-8-7-19-12(15-8)4-5-17-11-6-9(14)2-3-10(11)16-13(17)18/h2-3,6-7H,4-5,14H2,1H3,(H,16,18). The number of H-pyrrole nitrogens is 1. The number of nitrogen functional groups attached to an aromatic ring is 1. The van der Waals surface area contributed by atoms with Crippen LogP contribution in [0.25, 0.3) is 11.0 Å². The Kier molecular flexibility index (Phi) is 2.87. The van der Waals surface area contributed by atoms with E-state index in [1.807, 2.05) is 24.4 Å². The largest absolute Gasteiger partial charge is 0.399 e. The minimum Gasteiger partial charge on any atom is -0.399 e. The molecule has 0 fully saturated rings. The molecule has 3 N–H and O–H groups in total. The van der Waals surface area contributed by atoms with E-state index < -0.39 is 0 Å². The first-order valence-electron chi connectivity index (χ1n) is 6.02. The number of aromatic nitrogens is 3. The van der Waals surface area contributed by atoms with Gasteiger partial charge in [0.1, 0.15) is 0 Å². The highest BCUT2D eigenvalue weighted by atomic mass is 32.1. The average Bonchev–Trinajstić information content (AvgIpc) is 2.90. The summed E-state index contributed by atoms with van der Waals surface area (Å²) < 4.78 is 1.71. The fourth-order valence-corrected chi connectivity index (χ4v) is 2.88. The molecule has 0 saturated heterocycles. The summed E-state index contributed by atoms with van der Waals surface area (Å²) in [6.45, 7) is 2.58. The van der Waals surface area contributed by atoms with Gasteiger partial charge in [-0.1, -0.05) is 0 Å². The molecule has 0 aliphatic rings. The minimum atomic E-state index is -0.103. The van der Waals surface area contributed by atoms with Crippen molar-refractivity contribution in [2.75, 3.05) is 5.73 Å². The van der Waals surface area contributed by atoms with Crippen molar-refractivity contribution in [3.05, 3.63) is 44.8 Å². The molecule has 0 aliphatic carbocycles. The van der Waals surface area contributed by atoms with Crippen LogP contribution in [0.2, 0.25) is 0 Å².